The van der Waals surface area contributed by atoms with Gasteiger partial charge in [0.25, 0.3) is 0 Å². The van der Waals surface area contributed by atoms with Crippen molar-refractivity contribution in [1.29, 1.82) is 0 Å². The first-order valence-electron chi connectivity index (χ1n) is 5.15. The van der Waals surface area contributed by atoms with Crippen molar-refractivity contribution in [1.82, 2.24) is 9.80 Å². The SMILES string of the molecule is CN(C)CCN(C)Cc1ccc(Br)cc1. The zero-order valence-corrected chi connectivity index (χ0v) is 11.3. The topological polar surface area (TPSA) is 6.48 Å². The number of likely N-dealkylation sites (N-methyl/N-ethyl adjacent to an activating group) is 2. The summed E-state index contributed by atoms with van der Waals surface area (Å²) in [7, 11) is 6.37. The first kappa shape index (κ1) is 12.7. The quantitative estimate of drug-likeness (QED) is 0.811. The molecule has 0 aliphatic rings. The Morgan fingerprint density at radius 2 is 1.60 bits per heavy atom. The summed E-state index contributed by atoms with van der Waals surface area (Å²) in [4.78, 5) is 4.54. The summed E-state index contributed by atoms with van der Waals surface area (Å²) in [6.07, 6.45) is 0. The van der Waals surface area contributed by atoms with Crippen molar-refractivity contribution >= 4 is 15.9 Å². The van der Waals surface area contributed by atoms with E-state index in [-0.39, 0.29) is 0 Å². The Morgan fingerprint density at radius 1 is 1.00 bits per heavy atom. The predicted octanol–water partition coefficient (Wildman–Crippen LogP) is 2.44. The van der Waals surface area contributed by atoms with E-state index in [1.165, 1.54) is 5.56 Å². The van der Waals surface area contributed by atoms with Gasteiger partial charge in [-0.1, -0.05) is 28.1 Å². The third-order valence-electron chi connectivity index (χ3n) is 2.29. The monoisotopic (exact) mass is 270 g/mol. The van der Waals surface area contributed by atoms with Gasteiger partial charge in [-0.25, -0.2) is 0 Å². The van der Waals surface area contributed by atoms with Crippen molar-refractivity contribution in [3.63, 3.8) is 0 Å². The van der Waals surface area contributed by atoms with Crippen LogP contribution in [0.3, 0.4) is 0 Å². The van der Waals surface area contributed by atoms with Gasteiger partial charge in [-0.05, 0) is 38.8 Å². The summed E-state index contributed by atoms with van der Waals surface area (Å²) in [6.45, 7) is 3.22. The Labute approximate surface area is 101 Å². The fourth-order valence-electron chi connectivity index (χ4n) is 1.35. The normalized spacial score (nSPS) is 11.3. The molecule has 0 N–H and O–H groups in total. The van der Waals surface area contributed by atoms with E-state index in [0.29, 0.717) is 0 Å². The predicted molar refractivity (Wildman–Crippen MR) is 69.0 cm³/mol. The molecule has 0 aromatic heterocycles. The summed E-state index contributed by atoms with van der Waals surface area (Å²) in [6, 6.07) is 8.51. The highest BCUT2D eigenvalue weighted by Crippen LogP contribution is 2.11. The minimum atomic E-state index is 1.02. The Kier molecular flexibility index (Phi) is 5.29. The van der Waals surface area contributed by atoms with Gasteiger partial charge in [-0.2, -0.15) is 0 Å². The summed E-state index contributed by atoms with van der Waals surface area (Å²) in [5, 5.41) is 0. The minimum Gasteiger partial charge on any atom is -0.308 e. The fourth-order valence-corrected chi connectivity index (χ4v) is 1.62. The van der Waals surface area contributed by atoms with Gasteiger partial charge in [0.15, 0.2) is 0 Å². The lowest BCUT2D eigenvalue weighted by Gasteiger charge is -2.19. The van der Waals surface area contributed by atoms with Crippen LogP contribution < -0.4 is 0 Å². The molecule has 0 fully saturated rings. The molecule has 0 saturated carbocycles. The molecule has 2 nitrogen and oxygen atoms in total. The second-order valence-corrected chi connectivity index (χ2v) is 5.08. The average molecular weight is 271 g/mol. The molecule has 0 amide bonds. The second-order valence-electron chi connectivity index (χ2n) is 4.17. The summed E-state index contributed by atoms with van der Waals surface area (Å²) in [5.41, 5.74) is 1.36. The van der Waals surface area contributed by atoms with Gasteiger partial charge in [-0.3, -0.25) is 0 Å². The van der Waals surface area contributed by atoms with E-state index < -0.39 is 0 Å². The van der Waals surface area contributed by atoms with Crippen LogP contribution in [0.1, 0.15) is 5.56 Å². The lowest BCUT2D eigenvalue weighted by Crippen LogP contribution is -2.28. The molecule has 1 aromatic carbocycles. The fraction of sp³-hybridized carbons (Fsp3) is 0.500. The molecule has 0 saturated heterocycles. The highest BCUT2D eigenvalue weighted by molar-refractivity contribution is 9.10. The minimum absolute atomic E-state index is 1.02. The van der Waals surface area contributed by atoms with Crippen LogP contribution in [-0.4, -0.2) is 44.0 Å². The van der Waals surface area contributed by atoms with E-state index in [1.807, 2.05) is 0 Å². The maximum atomic E-state index is 3.44. The van der Waals surface area contributed by atoms with Crippen LogP contribution in [0.5, 0.6) is 0 Å². The van der Waals surface area contributed by atoms with Crippen molar-refractivity contribution in [2.24, 2.45) is 0 Å². The van der Waals surface area contributed by atoms with Gasteiger partial charge in [0, 0.05) is 24.1 Å². The van der Waals surface area contributed by atoms with Crippen LogP contribution in [0.15, 0.2) is 28.7 Å². The number of halogens is 1. The zero-order chi connectivity index (χ0) is 11.3. The Hall–Kier alpha value is -0.380. The molecule has 3 heteroatoms. The standard InChI is InChI=1S/C12H19BrN2/c1-14(2)8-9-15(3)10-11-4-6-12(13)7-5-11/h4-7H,8-10H2,1-3H3. The summed E-state index contributed by atoms with van der Waals surface area (Å²) in [5.74, 6) is 0. The van der Waals surface area contributed by atoms with Gasteiger partial charge in [0.05, 0.1) is 0 Å². The number of hydrogen-bond acceptors (Lipinski definition) is 2. The largest absolute Gasteiger partial charge is 0.308 e. The van der Waals surface area contributed by atoms with Crippen LogP contribution >= 0.6 is 15.9 Å². The number of nitrogens with zero attached hydrogens (tertiary/aromatic N) is 2. The lowest BCUT2D eigenvalue weighted by molar-refractivity contribution is 0.276. The molecular weight excluding hydrogens is 252 g/mol. The third kappa shape index (κ3) is 5.30. The van der Waals surface area contributed by atoms with Crippen LogP contribution in [0, 0.1) is 0 Å². The highest BCUT2D eigenvalue weighted by atomic mass is 79.9. The average Bonchev–Trinajstić information content (AvgIpc) is 2.19. The Morgan fingerprint density at radius 3 is 2.13 bits per heavy atom. The van der Waals surface area contributed by atoms with Gasteiger partial charge in [-0.15, -0.1) is 0 Å². The van der Waals surface area contributed by atoms with Crippen LogP contribution in [-0.2, 0) is 6.54 Å². The zero-order valence-electron chi connectivity index (χ0n) is 9.70. The molecule has 15 heavy (non-hydrogen) atoms. The molecule has 0 radical (unpaired) electrons. The smallest absolute Gasteiger partial charge is 0.0231 e. The van der Waals surface area contributed by atoms with Crippen molar-refractivity contribution < 1.29 is 0 Å². The van der Waals surface area contributed by atoms with Crippen LogP contribution in [0.4, 0.5) is 0 Å². The van der Waals surface area contributed by atoms with E-state index in [9.17, 15) is 0 Å². The number of hydrogen-bond donors (Lipinski definition) is 0. The van der Waals surface area contributed by atoms with E-state index >= 15 is 0 Å². The maximum Gasteiger partial charge on any atom is 0.0231 e. The molecule has 0 unspecified atom stereocenters. The number of rotatable bonds is 5. The number of benzene rings is 1. The molecular formula is C12H19BrN2. The highest BCUT2D eigenvalue weighted by Gasteiger charge is 2.00. The first-order valence-corrected chi connectivity index (χ1v) is 5.95. The van der Waals surface area contributed by atoms with Gasteiger partial charge < -0.3 is 9.80 Å². The van der Waals surface area contributed by atoms with Gasteiger partial charge in [0.2, 0.25) is 0 Å². The second kappa shape index (κ2) is 6.26. The van der Waals surface area contributed by atoms with E-state index in [1.54, 1.807) is 0 Å². The first-order chi connectivity index (χ1) is 7.08. The Bertz CT molecular complexity index is 282. The third-order valence-corrected chi connectivity index (χ3v) is 2.82. The molecule has 1 aromatic rings. The van der Waals surface area contributed by atoms with Crippen molar-refractivity contribution in [2.75, 3.05) is 34.2 Å². The van der Waals surface area contributed by atoms with E-state index in [0.717, 1.165) is 24.1 Å². The van der Waals surface area contributed by atoms with E-state index in [4.69, 9.17) is 0 Å². The van der Waals surface area contributed by atoms with Crippen molar-refractivity contribution in [2.45, 2.75) is 6.54 Å². The molecule has 0 aliphatic carbocycles. The molecule has 0 bridgehead atoms. The maximum absolute atomic E-state index is 3.44. The van der Waals surface area contributed by atoms with Crippen LogP contribution in [0.2, 0.25) is 0 Å². The van der Waals surface area contributed by atoms with Crippen LogP contribution in [0.25, 0.3) is 0 Å². The molecule has 0 atom stereocenters. The molecule has 1 rings (SSSR count). The summed E-state index contributed by atoms with van der Waals surface area (Å²) < 4.78 is 1.14. The molecule has 0 aliphatic heterocycles. The van der Waals surface area contributed by atoms with Crippen molar-refractivity contribution in [3.05, 3.63) is 34.3 Å². The lowest BCUT2D eigenvalue weighted by atomic mass is 10.2. The molecule has 84 valence electrons. The Balaban J connectivity index is 2.37. The molecule has 0 heterocycles. The van der Waals surface area contributed by atoms with Gasteiger partial charge >= 0.3 is 0 Å². The van der Waals surface area contributed by atoms with E-state index in [2.05, 4.69) is 71.1 Å². The van der Waals surface area contributed by atoms with Gasteiger partial charge in [0.1, 0.15) is 0 Å². The summed E-state index contributed by atoms with van der Waals surface area (Å²) >= 11 is 3.44. The van der Waals surface area contributed by atoms with Crippen molar-refractivity contribution in [3.8, 4) is 0 Å². The molecule has 0 spiro atoms.